The van der Waals surface area contributed by atoms with Crippen molar-refractivity contribution in [3.05, 3.63) is 29.8 Å². The molecule has 0 saturated carbocycles. The molecule has 2 saturated heterocycles. The highest BCUT2D eigenvalue weighted by atomic mass is 32.2. The average Bonchev–Trinajstić information content (AvgIpc) is 2.80. The molecule has 3 rings (SSSR count). The van der Waals surface area contributed by atoms with E-state index in [0.717, 1.165) is 5.56 Å². The van der Waals surface area contributed by atoms with Crippen LogP contribution in [0.15, 0.2) is 29.2 Å². The molecular weight excluding hydrogens is 580 g/mol. The van der Waals surface area contributed by atoms with Crippen molar-refractivity contribution in [2.45, 2.75) is 98.0 Å². The molecular formula is C30H54N2O10S. The summed E-state index contributed by atoms with van der Waals surface area (Å²) in [5.74, 6) is 0. The molecule has 2 aliphatic rings. The zero-order chi connectivity index (χ0) is 32.8. The second-order valence-electron chi connectivity index (χ2n) is 11.6. The summed E-state index contributed by atoms with van der Waals surface area (Å²) in [6.45, 7) is 17.5. The minimum absolute atomic E-state index is 0. The van der Waals surface area contributed by atoms with Crippen molar-refractivity contribution in [2.75, 3.05) is 52.6 Å². The molecule has 1 aromatic rings. The normalized spacial score (nSPS) is 15.7. The summed E-state index contributed by atoms with van der Waals surface area (Å²) in [6.07, 6.45) is -0.750. The Hall–Kier alpha value is -2.45. The highest BCUT2D eigenvalue weighted by Crippen LogP contribution is 2.18. The van der Waals surface area contributed by atoms with Gasteiger partial charge >= 0.3 is 12.2 Å². The van der Waals surface area contributed by atoms with E-state index in [4.69, 9.17) is 29.6 Å². The van der Waals surface area contributed by atoms with Gasteiger partial charge in [0.05, 0.1) is 69.7 Å². The van der Waals surface area contributed by atoms with Crippen LogP contribution < -0.4 is 0 Å². The number of aliphatic hydroxyl groups is 1. The fourth-order valence-corrected chi connectivity index (χ4v) is 4.28. The lowest BCUT2D eigenvalue weighted by Crippen LogP contribution is -2.56. The molecule has 2 aliphatic heterocycles. The van der Waals surface area contributed by atoms with Crippen LogP contribution in [-0.4, -0.2) is 112 Å². The standard InChI is InChI=1S/C17H25NO6S.C10H19NO4.C2H6.CH4/c1-13-5-7-15(8-6-13)25(20,21)23-10-9-22-14-11-18(12-14)16(19)24-17(2,3)4;1-10(2,3)15-9(13)11-6-8(7-11)14-5-4-12;1-2;/h5-8,14H,9-12H2,1-4H3;8,12H,4-7H2,1-3H3;1-2H3;1H4/i;;1D;. The number of aliphatic hydroxyl groups excluding tert-OH is 1. The number of nitrogens with zero attached hydrogens (tertiary/aromatic N) is 2. The van der Waals surface area contributed by atoms with Gasteiger partial charge in [-0.05, 0) is 60.6 Å². The van der Waals surface area contributed by atoms with Crippen LogP contribution in [0.5, 0.6) is 0 Å². The summed E-state index contributed by atoms with van der Waals surface area (Å²) in [5.41, 5.74) is -0.00296. The molecule has 0 radical (unpaired) electrons. The smallest absolute Gasteiger partial charge is 0.410 e. The third-order valence-electron chi connectivity index (χ3n) is 5.43. The van der Waals surface area contributed by atoms with Gasteiger partial charge < -0.3 is 33.9 Å². The van der Waals surface area contributed by atoms with Crippen molar-refractivity contribution in [2.24, 2.45) is 0 Å². The number of ether oxygens (including phenoxy) is 4. The SMILES string of the molecule is C.CC(C)(C)OC(=O)N1CC(OCCO)C1.Cc1ccc(S(=O)(=O)OCCOC2CN(C(=O)OC(C)(C)C)C2)cc1.[2H]CC. The molecule has 13 heteroatoms. The van der Waals surface area contributed by atoms with E-state index in [1.54, 1.807) is 28.9 Å². The molecule has 0 spiro atoms. The predicted molar refractivity (Wildman–Crippen MR) is 165 cm³/mol. The first kappa shape index (κ1) is 38.6. The van der Waals surface area contributed by atoms with Crippen molar-refractivity contribution >= 4 is 22.3 Å². The number of hydrogen-bond acceptors (Lipinski definition) is 10. The topological polar surface area (TPSA) is 141 Å². The molecule has 0 aliphatic carbocycles. The van der Waals surface area contributed by atoms with Crippen LogP contribution in [0.3, 0.4) is 0 Å². The van der Waals surface area contributed by atoms with Crippen LogP contribution in [0.1, 0.15) is 69.7 Å². The summed E-state index contributed by atoms with van der Waals surface area (Å²) in [5, 5.41) is 8.53. The lowest BCUT2D eigenvalue weighted by atomic mass is 10.2. The highest BCUT2D eigenvalue weighted by Gasteiger charge is 2.35. The van der Waals surface area contributed by atoms with Gasteiger partial charge in [0.1, 0.15) is 11.2 Å². The van der Waals surface area contributed by atoms with E-state index in [9.17, 15) is 18.0 Å². The Labute approximate surface area is 260 Å². The molecule has 12 nitrogen and oxygen atoms in total. The number of rotatable bonds is 9. The highest BCUT2D eigenvalue weighted by molar-refractivity contribution is 7.86. The number of aryl methyl sites for hydroxylation is 1. The number of hydrogen-bond donors (Lipinski definition) is 1. The zero-order valence-electron chi connectivity index (χ0n) is 27.3. The lowest BCUT2D eigenvalue weighted by Gasteiger charge is -2.39. The van der Waals surface area contributed by atoms with Crippen molar-refractivity contribution in [1.82, 2.24) is 9.80 Å². The Kier molecular flexibility index (Phi) is 16.5. The summed E-state index contributed by atoms with van der Waals surface area (Å²) < 4.78 is 56.3. The van der Waals surface area contributed by atoms with Gasteiger partial charge in [-0.1, -0.05) is 38.9 Å². The molecule has 1 N–H and O–H groups in total. The number of amides is 2. The third-order valence-corrected chi connectivity index (χ3v) is 6.76. The molecule has 2 heterocycles. The van der Waals surface area contributed by atoms with Gasteiger partial charge in [-0.3, -0.25) is 4.18 Å². The van der Waals surface area contributed by atoms with Gasteiger partial charge in [-0.25, -0.2) is 9.59 Å². The van der Waals surface area contributed by atoms with Crippen LogP contribution in [0.2, 0.25) is 0 Å². The van der Waals surface area contributed by atoms with Crippen molar-refractivity contribution < 1.29 is 47.6 Å². The first-order chi connectivity index (χ1) is 19.9. The summed E-state index contributed by atoms with van der Waals surface area (Å²) >= 11 is 0. The number of benzene rings is 1. The minimum atomic E-state index is -3.77. The van der Waals surface area contributed by atoms with Crippen LogP contribution in [-0.2, 0) is 33.2 Å². The van der Waals surface area contributed by atoms with Crippen molar-refractivity contribution in [3.8, 4) is 0 Å². The van der Waals surface area contributed by atoms with E-state index in [2.05, 4.69) is 0 Å². The maximum Gasteiger partial charge on any atom is 0.410 e. The van der Waals surface area contributed by atoms with Gasteiger partial charge in [0.2, 0.25) is 0 Å². The number of likely N-dealkylation sites (tertiary alicyclic amines) is 2. The minimum Gasteiger partial charge on any atom is -0.444 e. The first-order valence-electron chi connectivity index (χ1n) is 14.7. The van der Waals surface area contributed by atoms with E-state index in [-0.39, 0.29) is 56.5 Å². The third kappa shape index (κ3) is 15.7. The van der Waals surface area contributed by atoms with Crippen molar-refractivity contribution in [3.63, 3.8) is 0 Å². The second-order valence-corrected chi connectivity index (χ2v) is 13.2. The van der Waals surface area contributed by atoms with Gasteiger partial charge in [0, 0.05) is 1.37 Å². The van der Waals surface area contributed by atoms with E-state index >= 15 is 0 Å². The number of carbonyl (C=O) groups is 2. The van der Waals surface area contributed by atoms with Crippen molar-refractivity contribution in [1.29, 1.82) is 0 Å². The molecule has 0 aromatic heterocycles. The maximum absolute atomic E-state index is 12.0. The van der Waals surface area contributed by atoms with Gasteiger partial charge in [-0.2, -0.15) is 8.42 Å². The monoisotopic (exact) mass is 635 g/mol. The second kappa shape index (κ2) is 18.4. The Morgan fingerprint density at radius 3 is 1.63 bits per heavy atom. The molecule has 2 amide bonds. The molecule has 2 fully saturated rings. The van der Waals surface area contributed by atoms with E-state index in [0.29, 0.717) is 39.7 Å². The van der Waals surface area contributed by atoms with E-state index < -0.39 is 21.3 Å². The Morgan fingerprint density at radius 2 is 1.26 bits per heavy atom. The largest absolute Gasteiger partial charge is 0.444 e. The quantitative estimate of drug-likeness (QED) is 0.302. The van der Waals surface area contributed by atoms with E-state index in [1.807, 2.05) is 48.5 Å². The summed E-state index contributed by atoms with van der Waals surface area (Å²) in [6, 6.07) is 6.45. The Morgan fingerprint density at radius 1 is 0.860 bits per heavy atom. The van der Waals surface area contributed by atoms with Gasteiger partial charge in [0.25, 0.3) is 10.1 Å². The Bertz CT molecular complexity index is 1080. The molecule has 0 unspecified atom stereocenters. The fraction of sp³-hybridized carbons (Fsp3) is 0.733. The van der Waals surface area contributed by atoms with Gasteiger partial charge in [0.15, 0.2) is 0 Å². The summed E-state index contributed by atoms with van der Waals surface area (Å²) in [7, 11) is -3.77. The van der Waals surface area contributed by atoms with Crippen LogP contribution >= 0.6 is 0 Å². The first-order valence-corrected chi connectivity index (χ1v) is 15.4. The predicted octanol–water partition coefficient (Wildman–Crippen LogP) is 4.61. The maximum atomic E-state index is 12.0. The van der Waals surface area contributed by atoms with Crippen LogP contribution in [0.4, 0.5) is 9.59 Å². The zero-order valence-corrected chi connectivity index (χ0v) is 27.1. The molecule has 250 valence electrons. The molecule has 43 heavy (non-hydrogen) atoms. The molecule has 0 atom stereocenters. The lowest BCUT2D eigenvalue weighted by molar-refractivity contribution is -0.0694. The average molecular weight is 636 g/mol. The molecule has 1 aromatic carbocycles. The van der Waals surface area contributed by atoms with E-state index in [1.165, 1.54) is 12.1 Å². The fourth-order valence-electron chi connectivity index (χ4n) is 3.39. The van der Waals surface area contributed by atoms with Crippen LogP contribution in [0, 0.1) is 6.92 Å². The summed E-state index contributed by atoms with van der Waals surface area (Å²) in [4.78, 5) is 26.5. The Balaban J connectivity index is 0.000000832. The van der Waals surface area contributed by atoms with Gasteiger partial charge in [-0.15, -0.1) is 0 Å². The van der Waals surface area contributed by atoms with Crippen LogP contribution in [0.25, 0.3) is 0 Å². The molecule has 0 bridgehead atoms. The number of carbonyl (C=O) groups excluding carboxylic acids is 2.